The Labute approximate surface area is 164 Å². The number of anilines is 2. The summed E-state index contributed by atoms with van der Waals surface area (Å²) >= 11 is 0. The van der Waals surface area contributed by atoms with Crippen LogP contribution in [0.1, 0.15) is 55.8 Å². The molecule has 1 aromatic carbocycles. The molecule has 1 aromatic heterocycles. The topological polar surface area (TPSA) is 96.1 Å². The molecular formula is C21H26N4O3. The number of aromatic nitrogens is 2. The fourth-order valence-corrected chi connectivity index (χ4v) is 4.10. The number of H-pyrrole nitrogens is 1. The second-order valence-corrected chi connectivity index (χ2v) is 8.01. The van der Waals surface area contributed by atoms with Gasteiger partial charge in [0.05, 0.1) is 0 Å². The van der Waals surface area contributed by atoms with E-state index < -0.39 is 0 Å². The van der Waals surface area contributed by atoms with Gasteiger partial charge in [-0.05, 0) is 50.3 Å². The minimum absolute atomic E-state index is 0.0631. The summed E-state index contributed by atoms with van der Waals surface area (Å²) in [7, 11) is 0. The Morgan fingerprint density at radius 1 is 1.29 bits per heavy atom. The molecule has 2 atom stereocenters. The number of hydrogen-bond acceptors (Lipinski definition) is 5. The molecule has 0 radical (unpaired) electrons. The average molecular weight is 382 g/mol. The van der Waals surface area contributed by atoms with Crippen molar-refractivity contribution in [2.24, 2.45) is 0 Å². The van der Waals surface area contributed by atoms with Crippen LogP contribution < -0.4 is 10.6 Å². The average Bonchev–Trinajstić information content (AvgIpc) is 3.33. The number of rotatable bonds is 5. The van der Waals surface area contributed by atoms with Gasteiger partial charge in [-0.15, -0.1) is 0 Å². The van der Waals surface area contributed by atoms with Crippen molar-refractivity contribution in [3.05, 3.63) is 41.1 Å². The van der Waals surface area contributed by atoms with Crippen molar-refractivity contribution in [3.8, 4) is 0 Å². The van der Waals surface area contributed by atoms with Gasteiger partial charge in [0.15, 0.2) is 5.82 Å². The quantitative estimate of drug-likeness (QED) is 0.734. The molecule has 148 valence electrons. The van der Waals surface area contributed by atoms with Gasteiger partial charge in [0.2, 0.25) is 0 Å². The summed E-state index contributed by atoms with van der Waals surface area (Å²) in [4.78, 5) is 23.5. The molecule has 2 aliphatic carbocycles. The maximum Gasteiger partial charge on any atom is 0.407 e. The van der Waals surface area contributed by atoms with Gasteiger partial charge in [-0.3, -0.25) is 9.89 Å². The predicted molar refractivity (Wildman–Crippen MR) is 106 cm³/mol. The van der Waals surface area contributed by atoms with Crippen LogP contribution in [0.15, 0.2) is 24.3 Å². The number of nitrogens with one attached hydrogen (secondary N) is 3. The van der Waals surface area contributed by atoms with Gasteiger partial charge in [-0.1, -0.05) is 12.1 Å². The fourth-order valence-electron chi connectivity index (χ4n) is 4.10. The highest BCUT2D eigenvalue weighted by Crippen LogP contribution is 2.36. The van der Waals surface area contributed by atoms with Gasteiger partial charge < -0.3 is 15.4 Å². The van der Waals surface area contributed by atoms with E-state index in [-0.39, 0.29) is 24.0 Å². The SMILES string of the molecule is CC(C)NC(=O)O[C@@H]1CC[C@H](c2cc(Nc3cccc4c3CC(=O)C4)n[nH]2)C1. The lowest BCUT2D eigenvalue weighted by Gasteiger charge is -2.14. The number of alkyl carbamates (subject to hydrolysis) is 1. The highest BCUT2D eigenvalue weighted by molar-refractivity contribution is 5.90. The Morgan fingerprint density at radius 2 is 2.14 bits per heavy atom. The number of aromatic amines is 1. The maximum absolute atomic E-state index is 11.8. The first-order chi connectivity index (χ1) is 13.5. The molecule has 0 spiro atoms. The molecule has 7 heteroatoms. The second-order valence-electron chi connectivity index (χ2n) is 8.01. The van der Waals surface area contributed by atoms with Crippen molar-refractivity contribution in [3.63, 3.8) is 0 Å². The maximum atomic E-state index is 11.8. The molecular weight excluding hydrogens is 356 g/mol. The van der Waals surface area contributed by atoms with E-state index in [1.807, 2.05) is 38.1 Å². The monoisotopic (exact) mass is 382 g/mol. The highest BCUT2D eigenvalue weighted by Gasteiger charge is 2.30. The van der Waals surface area contributed by atoms with Crippen LogP contribution in [-0.2, 0) is 22.4 Å². The third kappa shape index (κ3) is 4.03. The third-order valence-electron chi connectivity index (χ3n) is 5.40. The lowest BCUT2D eigenvalue weighted by molar-refractivity contribution is -0.117. The molecule has 0 saturated heterocycles. The number of carbonyl (C=O) groups is 2. The Hall–Kier alpha value is -2.83. The van der Waals surface area contributed by atoms with Crippen molar-refractivity contribution in [2.45, 2.75) is 64.0 Å². The molecule has 1 amide bonds. The summed E-state index contributed by atoms with van der Waals surface area (Å²) in [5, 5.41) is 13.6. The van der Waals surface area contributed by atoms with Crippen molar-refractivity contribution in [1.29, 1.82) is 0 Å². The molecule has 0 bridgehead atoms. The zero-order valence-electron chi connectivity index (χ0n) is 16.2. The predicted octanol–water partition coefficient (Wildman–Crippen LogP) is 3.59. The number of carbonyl (C=O) groups excluding carboxylic acids is 2. The fraction of sp³-hybridized carbons (Fsp3) is 0.476. The largest absolute Gasteiger partial charge is 0.446 e. The first-order valence-corrected chi connectivity index (χ1v) is 9.90. The van der Waals surface area contributed by atoms with Gasteiger partial charge in [-0.25, -0.2) is 4.79 Å². The molecule has 0 aliphatic heterocycles. The van der Waals surface area contributed by atoms with Crippen molar-refractivity contribution in [2.75, 3.05) is 5.32 Å². The molecule has 28 heavy (non-hydrogen) atoms. The van der Waals surface area contributed by atoms with E-state index in [4.69, 9.17) is 4.74 Å². The van der Waals surface area contributed by atoms with E-state index >= 15 is 0 Å². The number of ketones is 1. The zero-order chi connectivity index (χ0) is 19.7. The summed E-state index contributed by atoms with van der Waals surface area (Å²) in [6.45, 7) is 3.83. The molecule has 2 aliphatic rings. The summed E-state index contributed by atoms with van der Waals surface area (Å²) in [5.41, 5.74) is 4.16. The molecule has 0 unspecified atom stereocenters. The van der Waals surface area contributed by atoms with Crippen LogP contribution in [-0.4, -0.2) is 34.2 Å². The lowest BCUT2D eigenvalue weighted by atomic mass is 10.0. The van der Waals surface area contributed by atoms with Crippen LogP contribution in [0.25, 0.3) is 0 Å². The Morgan fingerprint density at radius 3 is 2.96 bits per heavy atom. The number of ether oxygens (including phenoxy) is 1. The van der Waals surface area contributed by atoms with Gasteiger partial charge >= 0.3 is 6.09 Å². The van der Waals surface area contributed by atoms with Crippen molar-refractivity contribution in [1.82, 2.24) is 15.5 Å². The summed E-state index contributed by atoms with van der Waals surface area (Å²) < 4.78 is 5.50. The van der Waals surface area contributed by atoms with Gasteiger partial charge in [0.1, 0.15) is 11.9 Å². The minimum Gasteiger partial charge on any atom is -0.446 e. The Balaban J connectivity index is 1.38. The number of fused-ring (bicyclic) bond motifs is 1. The number of hydrogen-bond donors (Lipinski definition) is 3. The first-order valence-electron chi connectivity index (χ1n) is 9.90. The Bertz CT molecular complexity index is 890. The van der Waals surface area contributed by atoms with Crippen LogP contribution in [0.5, 0.6) is 0 Å². The van der Waals surface area contributed by atoms with Crippen molar-refractivity contribution < 1.29 is 14.3 Å². The Kier molecular flexibility index (Phi) is 5.07. The van der Waals surface area contributed by atoms with Crippen LogP contribution in [0.4, 0.5) is 16.3 Å². The molecule has 4 rings (SSSR count). The summed E-state index contributed by atoms with van der Waals surface area (Å²) in [6, 6.07) is 8.04. The highest BCUT2D eigenvalue weighted by atomic mass is 16.6. The third-order valence-corrected chi connectivity index (χ3v) is 5.40. The standard InChI is InChI=1S/C21H26N4O3/c1-12(2)22-21(27)28-16-7-6-14(9-16)19-11-20(25-24-19)23-18-5-3-4-13-8-15(26)10-17(13)18/h3-5,11-12,14,16H,6-10H2,1-2H3,(H,22,27)(H2,23,24,25)/t14-,16+/m0/s1. The summed E-state index contributed by atoms with van der Waals surface area (Å²) in [6.07, 6.45) is 3.19. The normalized spacial score (nSPS) is 21.0. The van der Waals surface area contributed by atoms with Crippen LogP contribution in [0.2, 0.25) is 0 Å². The minimum atomic E-state index is -0.347. The summed E-state index contributed by atoms with van der Waals surface area (Å²) in [5.74, 6) is 1.29. The van der Waals surface area contributed by atoms with Gasteiger partial charge in [0, 0.05) is 42.2 Å². The van der Waals surface area contributed by atoms with Gasteiger partial charge in [-0.2, -0.15) is 5.10 Å². The van der Waals surface area contributed by atoms with Crippen LogP contribution >= 0.6 is 0 Å². The number of Topliss-reactive ketones (excluding diaryl/α,β-unsaturated/α-hetero) is 1. The number of benzene rings is 1. The van der Waals surface area contributed by atoms with Crippen LogP contribution in [0, 0.1) is 0 Å². The first kappa shape index (κ1) is 18.5. The molecule has 1 fully saturated rings. The van der Waals surface area contributed by atoms with Crippen LogP contribution in [0.3, 0.4) is 0 Å². The second kappa shape index (κ2) is 7.66. The molecule has 3 N–H and O–H groups in total. The number of nitrogens with zero attached hydrogens (tertiary/aromatic N) is 1. The molecule has 2 aromatic rings. The smallest absolute Gasteiger partial charge is 0.407 e. The number of amides is 1. The van der Waals surface area contributed by atoms with E-state index in [0.29, 0.717) is 18.8 Å². The molecule has 7 nitrogen and oxygen atoms in total. The van der Waals surface area contributed by atoms with E-state index in [0.717, 1.165) is 47.6 Å². The van der Waals surface area contributed by atoms with Gasteiger partial charge in [0.25, 0.3) is 0 Å². The van der Waals surface area contributed by atoms with Crippen molar-refractivity contribution >= 4 is 23.4 Å². The van der Waals surface area contributed by atoms with E-state index in [1.54, 1.807) is 0 Å². The van der Waals surface area contributed by atoms with E-state index in [9.17, 15) is 9.59 Å². The molecule has 1 heterocycles. The zero-order valence-corrected chi connectivity index (χ0v) is 16.2. The van der Waals surface area contributed by atoms with E-state index in [2.05, 4.69) is 20.8 Å². The van der Waals surface area contributed by atoms with E-state index in [1.165, 1.54) is 0 Å². The molecule has 1 saturated carbocycles. The lowest BCUT2D eigenvalue weighted by Crippen LogP contribution is -2.33.